The quantitative estimate of drug-likeness (QED) is 0.735. The number of hydrogen-bond donors (Lipinski definition) is 1. The zero-order chi connectivity index (χ0) is 13.8. The van der Waals surface area contributed by atoms with Gasteiger partial charge in [-0.05, 0) is 63.9 Å². The minimum Gasteiger partial charge on any atom is -0.384 e. The molecule has 0 heterocycles. The van der Waals surface area contributed by atoms with E-state index in [2.05, 4.69) is 41.6 Å². The van der Waals surface area contributed by atoms with E-state index in [0.29, 0.717) is 5.02 Å². The van der Waals surface area contributed by atoms with E-state index < -0.39 is 6.10 Å². The van der Waals surface area contributed by atoms with E-state index in [4.69, 9.17) is 11.6 Å². The predicted molar refractivity (Wildman–Crippen MR) is 88.7 cm³/mol. The summed E-state index contributed by atoms with van der Waals surface area (Å²) in [6.45, 7) is 2.16. The Morgan fingerprint density at radius 3 is 2.74 bits per heavy atom. The summed E-state index contributed by atoms with van der Waals surface area (Å²) in [4.78, 5) is 0. The maximum Gasteiger partial charge on any atom is 0.105 e. The number of aliphatic hydroxyl groups is 1. The van der Waals surface area contributed by atoms with Crippen molar-refractivity contribution in [3.05, 3.63) is 67.7 Å². The second kappa shape index (κ2) is 6.73. The van der Waals surface area contributed by atoms with Crippen molar-refractivity contribution in [1.29, 1.82) is 0 Å². The van der Waals surface area contributed by atoms with Gasteiger partial charge in [0.15, 0.2) is 0 Å². The predicted octanol–water partition coefficient (Wildman–Crippen LogP) is 4.98. The lowest BCUT2D eigenvalue weighted by atomic mass is 9.98. The van der Waals surface area contributed by atoms with Crippen molar-refractivity contribution >= 4 is 34.2 Å². The van der Waals surface area contributed by atoms with Crippen LogP contribution in [0, 0.1) is 3.57 Å². The smallest absolute Gasteiger partial charge is 0.105 e. The van der Waals surface area contributed by atoms with Gasteiger partial charge < -0.3 is 5.11 Å². The molecule has 0 aliphatic rings. The van der Waals surface area contributed by atoms with Crippen molar-refractivity contribution in [2.45, 2.75) is 25.9 Å². The van der Waals surface area contributed by atoms with Crippen LogP contribution in [0.15, 0.2) is 42.5 Å². The van der Waals surface area contributed by atoms with Crippen LogP contribution in [0.5, 0.6) is 0 Å². The molecule has 2 aromatic carbocycles. The summed E-state index contributed by atoms with van der Waals surface area (Å²) in [6.07, 6.45) is 1.52. The number of hydrogen-bond acceptors (Lipinski definition) is 1. The van der Waals surface area contributed by atoms with Gasteiger partial charge in [0.1, 0.15) is 6.10 Å². The van der Waals surface area contributed by atoms with E-state index in [1.807, 2.05) is 30.3 Å². The molecule has 0 saturated carbocycles. The van der Waals surface area contributed by atoms with E-state index in [1.54, 1.807) is 0 Å². The fourth-order valence-corrected chi connectivity index (χ4v) is 2.92. The van der Waals surface area contributed by atoms with Gasteiger partial charge in [-0.2, -0.15) is 0 Å². The summed E-state index contributed by atoms with van der Waals surface area (Å²) in [5.74, 6) is 0. The zero-order valence-corrected chi connectivity index (χ0v) is 13.6. The van der Waals surface area contributed by atoms with Gasteiger partial charge in [-0.1, -0.05) is 49.2 Å². The van der Waals surface area contributed by atoms with E-state index in [9.17, 15) is 5.11 Å². The summed E-state index contributed by atoms with van der Waals surface area (Å²) in [5, 5.41) is 11.2. The third-order valence-electron chi connectivity index (χ3n) is 3.06. The minimum atomic E-state index is -0.623. The van der Waals surface area contributed by atoms with Crippen molar-refractivity contribution in [2.24, 2.45) is 0 Å². The molecule has 0 aromatic heterocycles. The highest BCUT2D eigenvalue weighted by Crippen LogP contribution is 2.29. The summed E-state index contributed by atoms with van der Waals surface area (Å²) in [7, 11) is 0. The molecule has 0 saturated heterocycles. The van der Waals surface area contributed by atoms with Gasteiger partial charge in [0.05, 0.1) is 0 Å². The van der Waals surface area contributed by atoms with Crippen LogP contribution in [-0.4, -0.2) is 5.11 Å². The Balaban J connectivity index is 2.35. The van der Waals surface area contributed by atoms with E-state index in [-0.39, 0.29) is 0 Å². The van der Waals surface area contributed by atoms with Crippen LogP contribution in [0.25, 0.3) is 0 Å². The van der Waals surface area contributed by atoms with E-state index >= 15 is 0 Å². The molecule has 0 spiro atoms. The van der Waals surface area contributed by atoms with Crippen LogP contribution in [0.3, 0.4) is 0 Å². The van der Waals surface area contributed by atoms with Gasteiger partial charge in [0.25, 0.3) is 0 Å². The molecule has 0 radical (unpaired) electrons. The van der Waals surface area contributed by atoms with Gasteiger partial charge in [-0.3, -0.25) is 0 Å². The highest BCUT2D eigenvalue weighted by Gasteiger charge is 2.14. The molecule has 0 bridgehead atoms. The van der Waals surface area contributed by atoms with Crippen LogP contribution in [0.2, 0.25) is 5.02 Å². The summed E-state index contributed by atoms with van der Waals surface area (Å²) in [6, 6.07) is 13.7. The molecule has 3 heteroatoms. The van der Waals surface area contributed by atoms with Gasteiger partial charge in [0, 0.05) is 8.59 Å². The maximum atomic E-state index is 10.5. The van der Waals surface area contributed by atoms with Crippen LogP contribution in [0.1, 0.15) is 36.1 Å². The number of aryl methyl sites for hydroxylation is 1. The normalized spacial score (nSPS) is 12.4. The lowest BCUT2D eigenvalue weighted by Crippen LogP contribution is -2.02. The van der Waals surface area contributed by atoms with Crippen LogP contribution in [0.4, 0.5) is 0 Å². The molecule has 1 unspecified atom stereocenters. The highest BCUT2D eigenvalue weighted by atomic mass is 127. The number of halogens is 2. The Morgan fingerprint density at radius 2 is 2.00 bits per heavy atom. The van der Waals surface area contributed by atoms with Crippen molar-refractivity contribution in [3.63, 3.8) is 0 Å². The number of benzene rings is 2. The second-order valence-electron chi connectivity index (χ2n) is 4.56. The topological polar surface area (TPSA) is 20.2 Å². The first-order valence-electron chi connectivity index (χ1n) is 6.33. The molecule has 0 aliphatic carbocycles. The first kappa shape index (κ1) is 14.8. The first-order valence-corrected chi connectivity index (χ1v) is 7.79. The van der Waals surface area contributed by atoms with Gasteiger partial charge in [0.2, 0.25) is 0 Å². The van der Waals surface area contributed by atoms with Gasteiger partial charge in [-0.25, -0.2) is 0 Å². The van der Waals surface area contributed by atoms with E-state index in [1.165, 1.54) is 5.56 Å². The Hall–Kier alpha value is -0.580. The Bertz CT molecular complexity index is 568. The van der Waals surface area contributed by atoms with Gasteiger partial charge >= 0.3 is 0 Å². The summed E-state index contributed by atoms with van der Waals surface area (Å²) >= 11 is 8.24. The molecular formula is C16H16ClIO. The lowest BCUT2D eigenvalue weighted by molar-refractivity contribution is 0.219. The minimum absolute atomic E-state index is 0.623. The SMILES string of the molecule is CCCc1cccc(C(O)c2cc(Cl)ccc2I)c1. The molecule has 1 nitrogen and oxygen atoms in total. The van der Waals surface area contributed by atoms with Crippen molar-refractivity contribution in [1.82, 2.24) is 0 Å². The Labute approximate surface area is 132 Å². The first-order chi connectivity index (χ1) is 9.11. The molecule has 0 amide bonds. The molecule has 100 valence electrons. The van der Waals surface area contributed by atoms with Crippen LogP contribution in [-0.2, 0) is 6.42 Å². The lowest BCUT2D eigenvalue weighted by Gasteiger charge is -2.15. The van der Waals surface area contributed by atoms with Crippen molar-refractivity contribution in [3.8, 4) is 0 Å². The fraction of sp³-hybridized carbons (Fsp3) is 0.250. The standard InChI is InChI=1S/C16H16ClIO/c1-2-4-11-5-3-6-12(9-11)16(19)14-10-13(17)7-8-15(14)18/h3,5-10,16,19H,2,4H2,1H3. The number of rotatable bonds is 4. The molecule has 2 aromatic rings. The van der Waals surface area contributed by atoms with Crippen LogP contribution < -0.4 is 0 Å². The summed E-state index contributed by atoms with van der Waals surface area (Å²) < 4.78 is 1.02. The third-order valence-corrected chi connectivity index (χ3v) is 4.28. The molecule has 19 heavy (non-hydrogen) atoms. The second-order valence-corrected chi connectivity index (χ2v) is 6.16. The molecule has 2 rings (SSSR count). The van der Waals surface area contributed by atoms with Crippen molar-refractivity contribution in [2.75, 3.05) is 0 Å². The average Bonchev–Trinajstić information content (AvgIpc) is 2.41. The molecular weight excluding hydrogens is 371 g/mol. The monoisotopic (exact) mass is 386 g/mol. The molecule has 0 fully saturated rings. The van der Waals surface area contributed by atoms with E-state index in [0.717, 1.165) is 27.5 Å². The average molecular weight is 387 g/mol. The zero-order valence-electron chi connectivity index (χ0n) is 10.7. The molecule has 0 aliphatic heterocycles. The Morgan fingerprint density at radius 1 is 1.21 bits per heavy atom. The highest BCUT2D eigenvalue weighted by molar-refractivity contribution is 14.1. The number of aliphatic hydroxyl groups excluding tert-OH is 1. The maximum absolute atomic E-state index is 10.5. The summed E-state index contributed by atoms with van der Waals surface area (Å²) in [5.41, 5.74) is 3.05. The third kappa shape index (κ3) is 3.71. The largest absolute Gasteiger partial charge is 0.384 e. The van der Waals surface area contributed by atoms with Gasteiger partial charge in [-0.15, -0.1) is 0 Å². The molecule has 1 atom stereocenters. The van der Waals surface area contributed by atoms with Crippen molar-refractivity contribution < 1.29 is 5.11 Å². The Kier molecular flexibility index (Phi) is 5.25. The van der Waals surface area contributed by atoms with Crippen LogP contribution >= 0.6 is 34.2 Å². The fourth-order valence-electron chi connectivity index (χ4n) is 2.11. The molecule has 1 N–H and O–H groups in total.